The van der Waals surface area contributed by atoms with E-state index in [-0.39, 0.29) is 12.0 Å². The smallest absolute Gasteiger partial charge is 0.324 e. The number of nitrogens with zero attached hydrogens (tertiary/aromatic N) is 2. The number of carbonyl (C=O) groups excluding carboxylic acids is 1. The molecular weight excluding hydrogens is 230 g/mol. The van der Waals surface area contributed by atoms with Crippen molar-refractivity contribution in [1.29, 1.82) is 0 Å². The van der Waals surface area contributed by atoms with E-state index in [4.69, 9.17) is 4.74 Å². The predicted molar refractivity (Wildman–Crippen MR) is 74.8 cm³/mol. The van der Waals surface area contributed by atoms with E-state index in [0.717, 1.165) is 26.1 Å². The number of esters is 1. The summed E-state index contributed by atoms with van der Waals surface area (Å²) in [6.07, 6.45) is 1.11. The van der Waals surface area contributed by atoms with Crippen molar-refractivity contribution in [2.75, 3.05) is 53.9 Å². The van der Waals surface area contributed by atoms with Crippen molar-refractivity contribution >= 4 is 5.97 Å². The maximum atomic E-state index is 11.7. The van der Waals surface area contributed by atoms with E-state index < -0.39 is 0 Å². The zero-order valence-electron chi connectivity index (χ0n) is 12.5. The number of nitrogens with one attached hydrogen (secondary N) is 1. The van der Waals surface area contributed by atoms with Crippen molar-refractivity contribution in [2.45, 2.75) is 26.3 Å². The Bertz CT molecular complexity index is 222. The number of likely N-dealkylation sites (N-methyl/N-ethyl adjacent to an activating group) is 2. The lowest BCUT2D eigenvalue weighted by molar-refractivity contribution is -0.146. The summed E-state index contributed by atoms with van der Waals surface area (Å²) in [6, 6.07) is -0.232. The summed E-state index contributed by atoms with van der Waals surface area (Å²) in [5.74, 6) is -0.161. The molecule has 0 aromatic rings. The highest BCUT2D eigenvalue weighted by atomic mass is 16.5. The van der Waals surface area contributed by atoms with Gasteiger partial charge in [-0.2, -0.15) is 0 Å². The number of rotatable bonds is 10. The lowest BCUT2D eigenvalue weighted by Gasteiger charge is -2.25. The number of hydrogen-bond donors (Lipinski definition) is 1. The third kappa shape index (κ3) is 7.63. The Morgan fingerprint density at radius 1 is 1.28 bits per heavy atom. The molecule has 1 unspecified atom stereocenters. The van der Waals surface area contributed by atoms with E-state index in [1.54, 1.807) is 7.05 Å². The summed E-state index contributed by atoms with van der Waals surface area (Å²) in [5.41, 5.74) is 0. The summed E-state index contributed by atoms with van der Waals surface area (Å²) in [5, 5.41) is 3.02. The standard InChI is InChI=1S/C13H29N3O2/c1-6-16(10-8-9-15(4)5)11-12(14-3)13(17)18-7-2/h12,14H,6-11H2,1-5H3. The fourth-order valence-corrected chi connectivity index (χ4v) is 1.77. The summed E-state index contributed by atoms with van der Waals surface area (Å²) in [7, 11) is 5.95. The molecule has 0 amide bonds. The highest BCUT2D eigenvalue weighted by Crippen LogP contribution is 1.98. The van der Waals surface area contributed by atoms with E-state index in [1.165, 1.54) is 0 Å². The molecule has 0 saturated heterocycles. The van der Waals surface area contributed by atoms with Crippen molar-refractivity contribution in [3.05, 3.63) is 0 Å². The first-order valence-electron chi connectivity index (χ1n) is 6.76. The maximum absolute atomic E-state index is 11.7. The van der Waals surface area contributed by atoms with E-state index in [1.807, 2.05) is 6.92 Å². The van der Waals surface area contributed by atoms with Gasteiger partial charge in [-0.3, -0.25) is 4.79 Å². The van der Waals surface area contributed by atoms with Gasteiger partial charge >= 0.3 is 5.97 Å². The zero-order chi connectivity index (χ0) is 14.0. The largest absolute Gasteiger partial charge is 0.465 e. The van der Waals surface area contributed by atoms with Crippen LogP contribution in [0.4, 0.5) is 0 Å². The summed E-state index contributed by atoms with van der Waals surface area (Å²) >= 11 is 0. The van der Waals surface area contributed by atoms with E-state index >= 15 is 0 Å². The second-order valence-electron chi connectivity index (χ2n) is 4.64. The summed E-state index contributed by atoms with van der Waals surface area (Å²) < 4.78 is 5.05. The minimum Gasteiger partial charge on any atom is -0.465 e. The zero-order valence-corrected chi connectivity index (χ0v) is 12.5. The second-order valence-corrected chi connectivity index (χ2v) is 4.64. The van der Waals surface area contributed by atoms with Gasteiger partial charge in [0, 0.05) is 6.54 Å². The predicted octanol–water partition coefficient (Wildman–Crippen LogP) is 0.411. The third-order valence-corrected chi connectivity index (χ3v) is 2.89. The molecule has 0 fully saturated rings. The Morgan fingerprint density at radius 3 is 2.39 bits per heavy atom. The quantitative estimate of drug-likeness (QED) is 0.576. The molecule has 5 heteroatoms. The van der Waals surface area contributed by atoms with Crippen LogP contribution in [0, 0.1) is 0 Å². The van der Waals surface area contributed by atoms with Crippen LogP contribution in [0.25, 0.3) is 0 Å². The molecule has 0 rings (SSSR count). The Hall–Kier alpha value is -0.650. The first kappa shape index (κ1) is 17.4. The van der Waals surface area contributed by atoms with E-state index in [9.17, 15) is 4.79 Å². The van der Waals surface area contributed by atoms with E-state index in [2.05, 4.69) is 36.1 Å². The lowest BCUT2D eigenvalue weighted by atomic mass is 10.2. The Labute approximate surface area is 111 Å². The molecule has 0 saturated carbocycles. The maximum Gasteiger partial charge on any atom is 0.324 e. The molecule has 0 heterocycles. The molecule has 18 heavy (non-hydrogen) atoms. The van der Waals surface area contributed by atoms with Gasteiger partial charge in [0.25, 0.3) is 0 Å². The van der Waals surface area contributed by atoms with Crippen LogP contribution in [-0.2, 0) is 9.53 Å². The normalized spacial score (nSPS) is 13.1. The van der Waals surface area contributed by atoms with Crippen LogP contribution in [0.2, 0.25) is 0 Å². The first-order valence-corrected chi connectivity index (χ1v) is 6.76. The average Bonchev–Trinajstić information content (AvgIpc) is 2.33. The van der Waals surface area contributed by atoms with Gasteiger partial charge in [-0.1, -0.05) is 6.92 Å². The molecule has 5 nitrogen and oxygen atoms in total. The van der Waals surface area contributed by atoms with Crippen LogP contribution in [0.3, 0.4) is 0 Å². The van der Waals surface area contributed by atoms with Crippen LogP contribution >= 0.6 is 0 Å². The van der Waals surface area contributed by atoms with Gasteiger partial charge < -0.3 is 19.9 Å². The van der Waals surface area contributed by atoms with Crippen LogP contribution in [-0.4, -0.2) is 75.7 Å². The van der Waals surface area contributed by atoms with Crippen molar-refractivity contribution in [3.8, 4) is 0 Å². The van der Waals surface area contributed by atoms with Gasteiger partial charge in [0.05, 0.1) is 6.61 Å². The van der Waals surface area contributed by atoms with Crippen molar-refractivity contribution in [2.24, 2.45) is 0 Å². The highest BCUT2D eigenvalue weighted by molar-refractivity contribution is 5.76. The Morgan fingerprint density at radius 2 is 1.94 bits per heavy atom. The van der Waals surface area contributed by atoms with Gasteiger partial charge in [0.1, 0.15) is 6.04 Å². The molecule has 1 N–H and O–H groups in total. The van der Waals surface area contributed by atoms with Crippen molar-refractivity contribution < 1.29 is 9.53 Å². The fraction of sp³-hybridized carbons (Fsp3) is 0.923. The molecule has 0 radical (unpaired) electrons. The molecule has 0 aliphatic heterocycles. The number of carbonyl (C=O) groups is 1. The SMILES string of the molecule is CCOC(=O)C(CN(CC)CCCN(C)C)NC. The third-order valence-electron chi connectivity index (χ3n) is 2.89. The van der Waals surface area contributed by atoms with E-state index in [0.29, 0.717) is 13.2 Å². The lowest BCUT2D eigenvalue weighted by Crippen LogP contribution is -2.46. The second kappa shape index (κ2) is 10.3. The summed E-state index contributed by atoms with van der Waals surface area (Å²) in [4.78, 5) is 16.1. The van der Waals surface area contributed by atoms with Gasteiger partial charge in [-0.15, -0.1) is 0 Å². The number of hydrogen-bond acceptors (Lipinski definition) is 5. The molecule has 0 aromatic carbocycles. The number of ether oxygens (including phenoxy) is 1. The van der Waals surface area contributed by atoms with Gasteiger partial charge in [-0.05, 0) is 54.1 Å². The fourth-order valence-electron chi connectivity index (χ4n) is 1.77. The van der Waals surface area contributed by atoms with Gasteiger partial charge in [0.15, 0.2) is 0 Å². The topological polar surface area (TPSA) is 44.8 Å². The highest BCUT2D eigenvalue weighted by Gasteiger charge is 2.20. The molecule has 0 spiro atoms. The minimum absolute atomic E-state index is 0.161. The first-order chi connectivity index (χ1) is 8.54. The Balaban J connectivity index is 4.10. The molecule has 108 valence electrons. The van der Waals surface area contributed by atoms with Crippen molar-refractivity contribution in [3.63, 3.8) is 0 Å². The Kier molecular flexibility index (Phi) is 9.92. The van der Waals surface area contributed by atoms with Crippen LogP contribution in [0.15, 0.2) is 0 Å². The van der Waals surface area contributed by atoms with Gasteiger partial charge in [-0.25, -0.2) is 0 Å². The van der Waals surface area contributed by atoms with Crippen LogP contribution in [0.5, 0.6) is 0 Å². The molecular formula is C13H29N3O2. The van der Waals surface area contributed by atoms with Gasteiger partial charge in [0.2, 0.25) is 0 Å². The molecule has 0 aliphatic carbocycles. The monoisotopic (exact) mass is 259 g/mol. The van der Waals surface area contributed by atoms with Crippen LogP contribution in [0.1, 0.15) is 20.3 Å². The molecule has 1 atom stereocenters. The average molecular weight is 259 g/mol. The molecule has 0 aliphatic rings. The minimum atomic E-state index is -0.232. The van der Waals surface area contributed by atoms with Crippen LogP contribution < -0.4 is 5.32 Å². The molecule has 0 aromatic heterocycles. The van der Waals surface area contributed by atoms with Crippen molar-refractivity contribution in [1.82, 2.24) is 15.1 Å². The molecule has 0 bridgehead atoms. The summed E-state index contributed by atoms with van der Waals surface area (Å²) in [6.45, 7) is 8.12.